The lowest BCUT2D eigenvalue weighted by molar-refractivity contribution is 0.354. The van der Waals surface area contributed by atoms with E-state index in [1.807, 2.05) is 18.2 Å². The minimum atomic E-state index is -0.286. The maximum absolute atomic E-state index is 13.6. The van der Waals surface area contributed by atoms with Crippen LogP contribution in [0, 0.1) is 5.82 Å². The highest BCUT2D eigenvalue weighted by molar-refractivity contribution is 6.31. The highest BCUT2D eigenvalue weighted by Gasteiger charge is 2.07. The van der Waals surface area contributed by atoms with Crippen LogP contribution >= 0.6 is 11.6 Å². The van der Waals surface area contributed by atoms with E-state index in [1.165, 1.54) is 6.07 Å². The van der Waals surface area contributed by atoms with Crippen LogP contribution in [0.2, 0.25) is 5.02 Å². The highest BCUT2D eigenvalue weighted by atomic mass is 35.5. The van der Waals surface area contributed by atoms with E-state index >= 15 is 0 Å². The summed E-state index contributed by atoms with van der Waals surface area (Å²) >= 11 is 5.99. The van der Waals surface area contributed by atoms with Gasteiger partial charge in [-0.05, 0) is 42.8 Å². The molecule has 22 heavy (non-hydrogen) atoms. The van der Waals surface area contributed by atoms with Gasteiger partial charge in [-0.25, -0.2) is 4.39 Å². The van der Waals surface area contributed by atoms with E-state index in [0.717, 1.165) is 12.0 Å². The molecule has 118 valence electrons. The van der Waals surface area contributed by atoms with Crippen LogP contribution < -0.4 is 14.8 Å². The summed E-state index contributed by atoms with van der Waals surface area (Å²) in [5, 5.41) is 3.64. The van der Waals surface area contributed by atoms with Crippen LogP contribution in [0.5, 0.6) is 11.5 Å². The van der Waals surface area contributed by atoms with Gasteiger partial charge < -0.3 is 14.8 Å². The van der Waals surface area contributed by atoms with Gasteiger partial charge in [-0.3, -0.25) is 0 Å². The maximum Gasteiger partial charge on any atom is 0.160 e. The summed E-state index contributed by atoms with van der Waals surface area (Å²) < 4.78 is 24.1. The van der Waals surface area contributed by atoms with Crippen molar-refractivity contribution in [2.24, 2.45) is 0 Å². The molecule has 0 bridgehead atoms. The molecule has 0 saturated carbocycles. The van der Waals surface area contributed by atoms with Gasteiger partial charge in [0.15, 0.2) is 11.5 Å². The molecule has 2 rings (SSSR count). The Bertz CT molecular complexity index is 614. The van der Waals surface area contributed by atoms with Crippen molar-refractivity contribution in [1.82, 2.24) is 5.32 Å². The molecule has 2 aromatic carbocycles. The molecule has 0 aliphatic carbocycles. The molecule has 0 heterocycles. The van der Waals surface area contributed by atoms with Gasteiger partial charge in [-0.2, -0.15) is 0 Å². The fourth-order valence-corrected chi connectivity index (χ4v) is 2.41. The van der Waals surface area contributed by atoms with Crippen LogP contribution in [-0.2, 0) is 13.0 Å². The van der Waals surface area contributed by atoms with Crippen molar-refractivity contribution in [3.63, 3.8) is 0 Å². The topological polar surface area (TPSA) is 30.5 Å². The second-order valence-electron chi connectivity index (χ2n) is 4.82. The number of ether oxygens (including phenoxy) is 2. The van der Waals surface area contributed by atoms with Crippen LogP contribution in [0.25, 0.3) is 0 Å². The first-order valence-electron chi connectivity index (χ1n) is 7.00. The summed E-state index contributed by atoms with van der Waals surface area (Å²) in [5.41, 5.74) is 1.61. The van der Waals surface area contributed by atoms with Crippen molar-refractivity contribution in [2.45, 2.75) is 13.0 Å². The molecule has 5 heteroatoms. The van der Waals surface area contributed by atoms with Crippen molar-refractivity contribution in [3.8, 4) is 11.5 Å². The van der Waals surface area contributed by atoms with Crippen molar-refractivity contribution in [1.29, 1.82) is 0 Å². The van der Waals surface area contributed by atoms with Gasteiger partial charge in [0.05, 0.1) is 14.2 Å². The molecule has 3 nitrogen and oxygen atoms in total. The van der Waals surface area contributed by atoms with E-state index in [9.17, 15) is 4.39 Å². The monoisotopic (exact) mass is 323 g/mol. The molecular formula is C17H19ClFNO2. The molecule has 0 unspecified atom stereocenters. The van der Waals surface area contributed by atoms with E-state index in [-0.39, 0.29) is 5.82 Å². The number of halogens is 2. The Morgan fingerprint density at radius 2 is 1.86 bits per heavy atom. The van der Waals surface area contributed by atoms with Gasteiger partial charge in [-0.15, -0.1) is 0 Å². The Labute approximate surface area is 135 Å². The van der Waals surface area contributed by atoms with E-state index < -0.39 is 0 Å². The van der Waals surface area contributed by atoms with E-state index in [4.69, 9.17) is 21.1 Å². The molecule has 0 spiro atoms. The Kier molecular flexibility index (Phi) is 6.04. The van der Waals surface area contributed by atoms with Crippen LogP contribution in [0.3, 0.4) is 0 Å². The van der Waals surface area contributed by atoms with Crippen LogP contribution in [0.15, 0.2) is 36.4 Å². The molecule has 0 aliphatic rings. The number of rotatable bonds is 7. The second kappa shape index (κ2) is 8.01. The average Bonchev–Trinajstić information content (AvgIpc) is 2.53. The molecule has 0 fully saturated rings. The molecule has 0 aromatic heterocycles. The SMILES string of the molecule is COc1ccc(CCNCc2c(F)cccc2Cl)cc1OC. The predicted molar refractivity (Wildman–Crippen MR) is 86.4 cm³/mol. The minimum Gasteiger partial charge on any atom is -0.493 e. The zero-order valence-corrected chi connectivity index (χ0v) is 13.4. The molecular weight excluding hydrogens is 305 g/mol. The van der Waals surface area contributed by atoms with Gasteiger partial charge in [0.25, 0.3) is 0 Å². The normalized spacial score (nSPS) is 10.5. The lowest BCUT2D eigenvalue weighted by atomic mass is 10.1. The third-order valence-corrected chi connectivity index (χ3v) is 3.76. The first-order chi connectivity index (χ1) is 10.7. The Morgan fingerprint density at radius 3 is 2.55 bits per heavy atom. The first-order valence-corrected chi connectivity index (χ1v) is 7.38. The summed E-state index contributed by atoms with van der Waals surface area (Å²) in [7, 11) is 3.22. The van der Waals surface area contributed by atoms with Crippen molar-refractivity contribution in [3.05, 3.63) is 58.4 Å². The van der Waals surface area contributed by atoms with Gasteiger partial charge in [-0.1, -0.05) is 23.7 Å². The van der Waals surface area contributed by atoms with Crippen LogP contribution in [0.1, 0.15) is 11.1 Å². The Balaban J connectivity index is 1.89. The fraction of sp³-hybridized carbons (Fsp3) is 0.294. The smallest absolute Gasteiger partial charge is 0.160 e. The van der Waals surface area contributed by atoms with E-state index in [1.54, 1.807) is 26.4 Å². The highest BCUT2D eigenvalue weighted by Crippen LogP contribution is 2.27. The number of methoxy groups -OCH3 is 2. The first kappa shape index (κ1) is 16.6. The van der Waals surface area contributed by atoms with Crippen molar-refractivity contribution < 1.29 is 13.9 Å². The average molecular weight is 324 g/mol. The standard InChI is InChI=1S/C17H19ClFNO2/c1-21-16-7-6-12(10-17(16)22-2)8-9-20-11-13-14(18)4-3-5-15(13)19/h3-7,10,20H,8-9,11H2,1-2H3. The van der Waals surface area contributed by atoms with E-state index in [0.29, 0.717) is 35.2 Å². The Hall–Kier alpha value is -1.78. The zero-order valence-electron chi connectivity index (χ0n) is 12.7. The maximum atomic E-state index is 13.6. The van der Waals surface area contributed by atoms with Crippen molar-refractivity contribution in [2.75, 3.05) is 20.8 Å². The number of nitrogens with one attached hydrogen (secondary N) is 1. The van der Waals surface area contributed by atoms with Crippen molar-refractivity contribution >= 4 is 11.6 Å². The number of benzene rings is 2. The zero-order chi connectivity index (χ0) is 15.9. The lowest BCUT2D eigenvalue weighted by Crippen LogP contribution is -2.17. The molecule has 0 aliphatic heterocycles. The van der Waals surface area contributed by atoms with Gasteiger partial charge >= 0.3 is 0 Å². The Morgan fingerprint density at radius 1 is 1.09 bits per heavy atom. The minimum absolute atomic E-state index is 0.286. The third-order valence-electron chi connectivity index (χ3n) is 3.40. The van der Waals surface area contributed by atoms with E-state index in [2.05, 4.69) is 5.32 Å². The molecule has 1 N–H and O–H groups in total. The summed E-state index contributed by atoms with van der Waals surface area (Å²) in [6.45, 7) is 1.11. The molecule has 0 saturated heterocycles. The fourth-order valence-electron chi connectivity index (χ4n) is 2.18. The van der Waals surface area contributed by atoms with Crippen LogP contribution in [-0.4, -0.2) is 20.8 Å². The van der Waals surface area contributed by atoms with Crippen LogP contribution in [0.4, 0.5) is 4.39 Å². The van der Waals surface area contributed by atoms with Gasteiger partial charge in [0.2, 0.25) is 0 Å². The molecule has 0 radical (unpaired) electrons. The van der Waals surface area contributed by atoms with Gasteiger partial charge in [0, 0.05) is 17.1 Å². The quantitative estimate of drug-likeness (QED) is 0.786. The number of hydrogen-bond acceptors (Lipinski definition) is 3. The van der Waals surface area contributed by atoms with Gasteiger partial charge in [0.1, 0.15) is 5.82 Å². The summed E-state index contributed by atoms with van der Waals surface area (Å²) in [6.07, 6.45) is 0.798. The summed E-state index contributed by atoms with van der Waals surface area (Å²) in [5.74, 6) is 1.13. The predicted octanol–water partition coefficient (Wildman–Crippen LogP) is 3.83. The molecule has 2 aromatic rings. The number of hydrogen-bond donors (Lipinski definition) is 1. The second-order valence-corrected chi connectivity index (χ2v) is 5.22. The third kappa shape index (κ3) is 4.12. The molecule has 0 amide bonds. The summed E-state index contributed by atoms with van der Waals surface area (Å²) in [6, 6.07) is 10.5. The largest absolute Gasteiger partial charge is 0.493 e. The summed E-state index contributed by atoms with van der Waals surface area (Å²) in [4.78, 5) is 0. The lowest BCUT2D eigenvalue weighted by Gasteiger charge is -2.10. The molecule has 0 atom stereocenters.